The minimum absolute atomic E-state index is 0.144. The van der Waals surface area contributed by atoms with Crippen LogP contribution in [0.1, 0.15) is 44.9 Å². The molecule has 1 atom stereocenters. The molecule has 5 N–H and O–H groups in total. The van der Waals surface area contributed by atoms with Crippen molar-refractivity contribution < 1.29 is 19.4 Å². The van der Waals surface area contributed by atoms with E-state index in [1.54, 1.807) is 0 Å². The zero-order chi connectivity index (χ0) is 13.1. The van der Waals surface area contributed by atoms with Crippen molar-refractivity contribution in [2.24, 2.45) is 11.5 Å². The van der Waals surface area contributed by atoms with Crippen LogP contribution in [0.15, 0.2) is 0 Å². The summed E-state index contributed by atoms with van der Waals surface area (Å²) >= 11 is 0. The molecule has 0 rings (SSSR count). The molecule has 17 heavy (non-hydrogen) atoms. The standard InChI is InChI=1S/C11H22N2O4/c12-8-4-5-9(13)17-11(16)7-3-1-2-6-10(14)15/h9H,1-8,12-13H2,(H,14,15). The largest absolute Gasteiger partial charge is 0.481 e. The highest BCUT2D eigenvalue weighted by atomic mass is 16.6. The summed E-state index contributed by atoms with van der Waals surface area (Å²) in [5, 5.41) is 8.41. The Labute approximate surface area is 101 Å². The van der Waals surface area contributed by atoms with E-state index in [1.807, 2.05) is 0 Å². The number of unbranched alkanes of at least 4 members (excludes halogenated alkanes) is 2. The predicted molar refractivity (Wildman–Crippen MR) is 63.1 cm³/mol. The number of esters is 1. The van der Waals surface area contributed by atoms with Crippen LogP contribution in [0.5, 0.6) is 0 Å². The molecule has 0 amide bonds. The molecule has 0 bridgehead atoms. The summed E-state index contributed by atoms with van der Waals surface area (Å²) in [6.07, 6.45) is 3.08. The fourth-order valence-corrected chi connectivity index (χ4v) is 1.33. The van der Waals surface area contributed by atoms with E-state index in [4.69, 9.17) is 21.3 Å². The molecule has 0 saturated carbocycles. The molecule has 0 heterocycles. The van der Waals surface area contributed by atoms with Crippen molar-refractivity contribution in [3.05, 3.63) is 0 Å². The molecule has 0 aromatic heterocycles. The summed E-state index contributed by atoms with van der Waals surface area (Å²) in [4.78, 5) is 21.5. The highest BCUT2D eigenvalue weighted by molar-refractivity contribution is 5.69. The van der Waals surface area contributed by atoms with Crippen LogP contribution in [0.4, 0.5) is 0 Å². The number of carboxylic acid groups (broad SMARTS) is 1. The van der Waals surface area contributed by atoms with Crippen molar-refractivity contribution in [3.63, 3.8) is 0 Å². The maximum atomic E-state index is 11.3. The summed E-state index contributed by atoms with van der Waals surface area (Å²) in [7, 11) is 0. The molecule has 0 saturated heterocycles. The lowest BCUT2D eigenvalue weighted by molar-refractivity contribution is -0.149. The lowest BCUT2D eigenvalue weighted by Gasteiger charge is -2.12. The summed E-state index contributed by atoms with van der Waals surface area (Å²) < 4.78 is 4.95. The van der Waals surface area contributed by atoms with Gasteiger partial charge < -0.3 is 15.6 Å². The number of hydrogen-bond donors (Lipinski definition) is 3. The molecule has 6 heteroatoms. The zero-order valence-corrected chi connectivity index (χ0v) is 10.1. The number of ether oxygens (including phenoxy) is 1. The molecule has 0 radical (unpaired) electrons. The van der Waals surface area contributed by atoms with Crippen LogP contribution in [0.2, 0.25) is 0 Å². The maximum absolute atomic E-state index is 11.3. The van der Waals surface area contributed by atoms with Crippen LogP contribution in [-0.2, 0) is 14.3 Å². The fraction of sp³-hybridized carbons (Fsp3) is 0.818. The summed E-state index contributed by atoms with van der Waals surface area (Å²) in [6.45, 7) is 0.528. The van der Waals surface area contributed by atoms with E-state index in [2.05, 4.69) is 0 Å². The zero-order valence-electron chi connectivity index (χ0n) is 10.1. The van der Waals surface area contributed by atoms with Gasteiger partial charge in [0.2, 0.25) is 0 Å². The minimum atomic E-state index is -0.809. The molecular formula is C11H22N2O4. The van der Waals surface area contributed by atoms with E-state index in [-0.39, 0.29) is 18.8 Å². The van der Waals surface area contributed by atoms with Crippen molar-refractivity contribution in [2.75, 3.05) is 6.54 Å². The number of rotatable bonds is 10. The summed E-state index contributed by atoms with van der Waals surface area (Å²) in [5.41, 5.74) is 10.9. The van der Waals surface area contributed by atoms with Gasteiger partial charge in [-0.3, -0.25) is 15.3 Å². The molecular weight excluding hydrogens is 224 g/mol. The Kier molecular flexibility index (Phi) is 9.37. The topological polar surface area (TPSA) is 116 Å². The Bertz CT molecular complexity index is 234. The third kappa shape index (κ3) is 11.1. The fourth-order valence-electron chi connectivity index (χ4n) is 1.33. The first-order valence-electron chi connectivity index (χ1n) is 5.93. The lowest BCUT2D eigenvalue weighted by atomic mass is 10.1. The van der Waals surface area contributed by atoms with Crippen molar-refractivity contribution in [1.29, 1.82) is 0 Å². The second-order valence-corrected chi connectivity index (χ2v) is 3.91. The van der Waals surface area contributed by atoms with Crippen LogP contribution in [0, 0.1) is 0 Å². The van der Waals surface area contributed by atoms with Crippen molar-refractivity contribution >= 4 is 11.9 Å². The van der Waals surface area contributed by atoms with Gasteiger partial charge in [0, 0.05) is 12.8 Å². The molecule has 0 aliphatic heterocycles. The molecule has 0 fully saturated rings. The average molecular weight is 246 g/mol. The summed E-state index contributed by atoms with van der Waals surface area (Å²) in [5.74, 6) is -1.14. The van der Waals surface area contributed by atoms with E-state index < -0.39 is 12.2 Å². The molecule has 0 spiro atoms. The van der Waals surface area contributed by atoms with E-state index in [0.29, 0.717) is 32.2 Å². The second kappa shape index (κ2) is 10.0. The Hall–Kier alpha value is -1.14. The number of carbonyl (C=O) groups excluding carboxylic acids is 1. The third-order valence-corrected chi connectivity index (χ3v) is 2.25. The first-order valence-corrected chi connectivity index (χ1v) is 5.93. The molecule has 100 valence electrons. The number of aliphatic carboxylic acids is 1. The quantitative estimate of drug-likeness (QED) is 0.295. The number of hydrogen-bond acceptors (Lipinski definition) is 5. The van der Waals surface area contributed by atoms with Crippen LogP contribution < -0.4 is 11.5 Å². The molecule has 0 aromatic rings. The van der Waals surface area contributed by atoms with Gasteiger partial charge in [0.25, 0.3) is 0 Å². The highest BCUT2D eigenvalue weighted by Crippen LogP contribution is 2.05. The van der Waals surface area contributed by atoms with Crippen molar-refractivity contribution in [1.82, 2.24) is 0 Å². The molecule has 1 unspecified atom stereocenters. The third-order valence-electron chi connectivity index (χ3n) is 2.25. The molecule has 0 aromatic carbocycles. The number of nitrogens with two attached hydrogens (primary N) is 2. The number of carboxylic acids is 1. The van der Waals surface area contributed by atoms with Gasteiger partial charge in [-0.25, -0.2) is 0 Å². The van der Waals surface area contributed by atoms with Gasteiger partial charge in [0.15, 0.2) is 6.23 Å². The molecule has 0 aliphatic rings. The van der Waals surface area contributed by atoms with Gasteiger partial charge in [-0.05, 0) is 32.2 Å². The van der Waals surface area contributed by atoms with E-state index in [9.17, 15) is 9.59 Å². The van der Waals surface area contributed by atoms with Crippen molar-refractivity contribution in [3.8, 4) is 0 Å². The lowest BCUT2D eigenvalue weighted by Crippen LogP contribution is -2.27. The molecule has 0 aliphatic carbocycles. The maximum Gasteiger partial charge on any atom is 0.307 e. The van der Waals surface area contributed by atoms with E-state index in [0.717, 1.165) is 6.42 Å². The highest BCUT2D eigenvalue weighted by Gasteiger charge is 2.09. The van der Waals surface area contributed by atoms with E-state index in [1.165, 1.54) is 0 Å². The Morgan fingerprint density at radius 2 is 1.76 bits per heavy atom. The van der Waals surface area contributed by atoms with Crippen LogP contribution >= 0.6 is 0 Å². The van der Waals surface area contributed by atoms with Gasteiger partial charge in [0.1, 0.15) is 0 Å². The van der Waals surface area contributed by atoms with Crippen LogP contribution in [0.3, 0.4) is 0 Å². The van der Waals surface area contributed by atoms with E-state index >= 15 is 0 Å². The Morgan fingerprint density at radius 3 is 2.35 bits per heavy atom. The number of carbonyl (C=O) groups is 2. The molecule has 6 nitrogen and oxygen atoms in total. The van der Waals surface area contributed by atoms with Gasteiger partial charge >= 0.3 is 11.9 Å². The smallest absolute Gasteiger partial charge is 0.307 e. The summed E-state index contributed by atoms with van der Waals surface area (Å²) in [6, 6.07) is 0. The van der Waals surface area contributed by atoms with Gasteiger partial charge in [-0.1, -0.05) is 6.42 Å². The Morgan fingerprint density at radius 1 is 1.12 bits per heavy atom. The van der Waals surface area contributed by atoms with Gasteiger partial charge in [0.05, 0.1) is 0 Å². The van der Waals surface area contributed by atoms with Crippen LogP contribution in [0.25, 0.3) is 0 Å². The average Bonchev–Trinajstić information content (AvgIpc) is 2.25. The monoisotopic (exact) mass is 246 g/mol. The first-order chi connectivity index (χ1) is 8.06. The minimum Gasteiger partial charge on any atom is -0.481 e. The first kappa shape index (κ1) is 15.9. The van der Waals surface area contributed by atoms with Crippen LogP contribution in [-0.4, -0.2) is 29.8 Å². The Balaban J connectivity index is 3.42. The predicted octanol–water partition coefficient (Wildman–Crippen LogP) is 0.588. The normalized spacial score (nSPS) is 12.1. The van der Waals surface area contributed by atoms with Crippen molar-refractivity contribution in [2.45, 2.75) is 51.2 Å². The van der Waals surface area contributed by atoms with Gasteiger partial charge in [-0.2, -0.15) is 0 Å². The van der Waals surface area contributed by atoms with Gasteiger partial charge in [-0.15, -0.1) is 0 Å². The second-order valence-electron chi connectivity index (χ2n) is 3.91. The SMILES string of the molecule is NCCCC(N)OC(=O)CCCCCC(=O)O.